The highest BCUT2D eigenvalue weighted by atomic mass is 32.1. The number of benzene rings is 1. The van der Waals surface area contributed by atoms with E-state index in [-0.39, 0.29) is 24.1 Å². The summed E-state index contributed by atoms with van der Waals surface area (Å²) in [4.78, 5) is 34.6. The van der Waals surface area contributed by atoms with Crippen molar-refractivity contribution in [3.8, 4) is 10.4 Å². The second kappa shape index (κ2) is 8.82. The number of nitrogens with zero attached hydrogens (tertiary/aromatic N) is 2. The number of hydrogen-bond donors (Lipinski definition) is 1. The van der Waals surface area contributed by atoms with Crippen molar-refractivity contribution in [3.05, 3.63) is 97.4 Å². The van der Waals surface area contributed by atoms with Crippen LogP contribution in [0.5, 0.6) is 0 Å². The summed E-state index contributed by atoms with van der Waals surface area (Å²) in [5.74, 6) is -0.237. The molecule has 8 heteroatoms. The summed E-state index contributed by atoms with van der Waals surface area (Å²) < 4.78 is 1.39. The first-order chi connectivity index (χ1) is 15.6. The Morgan fingerprint density at radius 1 is 1.09 bits per heavy atom. The first-order valence-electron chi connectivity index (χ1n) is 10.0. The van der Waals surface area contributed by atoms with E-state index < -0.39 is 0 Å². The van der Waals surface area contributed by atoms with Gasteiger partial charge in [0.2, 0.25) is 5.91 Å². The van der Waals surface area contributed by atoms with Gasteiger partial charge in [-0.15, -0.1) is 34.0 Å². The number of fused-ring (bicyclic) bond motifs is 1. The summed E-state index contributed by atoms with van der Waals surface area (Å²) in [5, 5.41) is 7.63. The molecule has 0 bridgehead atoms. The molecule has 5 nitrogen and oxygen atoms in total. The number of thiophene rings is 3. The quantitative estimate of drug-likeness (QED) is 0.353. The highest BCUT2D eigenvalue weighted by molar-refractivity contribution is 7.19. The van der Waals surface area contributed by atoms with Gasteiger partial charge in [-0.2, -0.15) is 0 Å². The fourth-order valence-corrected chi connectivity index (χ4v) is 6.29. The highest BCUT2D eigenvalue weighted by Gasteiger charge is 2.20. The lowest BCUT2D eigenvalue weighted by atomic mass is 10.1. The van der Waals surface area contributed by atoms with Crippen LogP contribution >= 0.6 is 34.0 Å². The van der Waals surface area contributed by atoms with Gasteiger partial charge in [0.15, 0.2) is 0 Å². The molecular weight excluding hydrogens is 458 g/mol. The molecule has 1 N–H and O–H groups in total. The average Bonchev–Trinajstić information content (AvgIpc) is 3.55. The predicted octanol–water partition coefficient (Wildman–Crippen LogP) is 5.46. The van der Waals surface area contributed by atoms with Crippen LogP contribution in [0.4, 0.5) is 0 Å². The number of aryl methyl sites for hydroxylation is 1. The van der Waals surface area contributed by atoms with Crippen molar-refractivity contribution in [2.24, 2.45) is 0 Å². The lowest BCUT2D eigenvalue weighted by molar-refractivity contribution is -0.122. The SMILES string of the molecule is Cc1ccc(-c2csc3ncn(CC(=O)NC(c4ccccc4)c4cccs4)c(=O)c23)s1. The zero-order chi connectivity index (χ0) is 22.1. The van der Waals surface area contributed by atoms with E-state index in [1.54, 1.807) is 22.7 Å². The zero-order valence-electron chi connectivity index (χ0n) is 17.1. The third-order valence-electron chi connectivity index (χ3n) is 5.15. The highest BCUT2D eigenvalue weighted by Crippen LogP contribution is 2.35. The third kappa shape index (κ3) is 4.04. The van der Waals surface area contributed by atoms with Crippen molar-refractivity contribution in [2.75, 3.05) is 0 Å². The molecular formula is C24H19N3O2S3. The normalized spacial score (nSPS) is 12.2. The molecule has 0 radical (unpaired) electrons. The molecule has 4 heterocycles. The third-order valence-corrected chi connectivity index (χ3v) is 8.00. The van der Waals surface area contributed by atoms with Gasteiger partial charge in [-0.3, -0.25) is 14.2 Å². The summed E-state index contributed by atoms with van der Waals surface area (Å²) in [6, 6.07) is 17.6. The molecule has 32 heavy (non-hydrogen) atoms. The maximum atomic E-state index is 13.3. The van der Waals surface area contributed by atoms with Crippen LogP contribution in [0, 0.1) is 6.92 Å². The lowest BCUT2D eigenvalue weighted by Gasteiger charge is -2.18. The van der Waals surface area contributed by atoms with Gasteiger partial charge in [0.1, 0.15) is 11.4 Å². The van der Waals surface area contributed by atoms with Crippen LogP contribution in [0.2, 0.25) is 0 Å². The van der Waals surface area contributed by atoms with E-state index in [0.29, 0.717) is 10.2 Å². The Kier molecular flexibility index (Phi) is 5.73. The van der Waals surface area contributed by atoms with Crippen LogP contribution in [0.3, 0.4) is 0 Å². The topological polar surface area (TPSA) is 64.0 Å². The molecule has 0 aliphatic heterocycles. The van der Waals surface area contributed by atoms with E-state index in [1.807, 2.05) is 72.3 Å². The van der Waals surface area contributed by atoms with Gasteiger partial charge in [-0.25, -0.2) is 4.98 Å². The van der Waals surface area contributed by atoms with E-state index in [4.69, 9.17) is 0 Å². The zero-order valence-corrected chi connectivity index (χ0v) is 19.6. The molecule has 160 valence electrons. The van der Waals surface area contributed by atoms with Crippen molar-refractivity contribution >= 4 is 50.1 Å². The monoisotopic (exact) mass is 477 g/mol. The van der Waals surface area contributed by atoms with E-state index in [9.17, 15) is 9.59 Å². The Morgan fingerprint density at radius 2 is 1.94 bits per heavy atom. The predicted molar refractivity (Wildman–Crippen MR) is 133 cm³/mol. The molecule has 5 aromatic rings. The number of carbonyl (C=O) groups is 1. The first-order valence-corrected chi connectivity index (χ1v) is 12.6. The number of nitrogens with one attached hydrogen (secondary N) is 1. The second-order valence-corrected chi connectivity index (χ2v) is 10.5. The van der Waals surface area contributed by atoms with Crippen LogP contribution < -0.4 is 10.9 Å². The molecule has 0 fully saturated rings. The Hall–Kier alpha value is -3.07. The minimum absolute atomic E-state index is 0.0881. The van der Waals surface area contributed by atoms with Gasteiger partial charge < -0.3 is 5.32 Å². The molecule has 4 aromatic heterocycles. The molecule has 5 rings (SSSR count). The number of hydrogen-bond acceptors (Lipinski definition) is 6. The maximum absolute atomic E-state index is 13.3. The molecule has 0 spiro atoms. The fraction of sp³-hybridized carbons (Fsp3) is 0.125. The maximum Gasteiger partial charge on any atom is 0.263 e. The van der Waals surface area contributed by atoms with Crippen LogP contribution in [0.1, 0.15) is 21.4 Å². The summed E-state index contributed by atoms with van der Waals surface area (Å²) in [6.45, 7) is 1.95. The standard InChI is InChI=1S/C24H19N3O2S3/c1-15-9-10-18(32-15)17-13-31-23-21(17)24(29)27(14-25-23)12-20(28)26-22(19-8-5-11-30-19)16-6-3-2-4-7-16/h2-11,13-14,22H,12H2,1H3,(H,26,28). The Balaban J connectivity index is 1.44. The Morgan fingerprint density at radius 3 is 2.66 bits per heavy atom. The average molecular weight is 478 g/mol. The molecule has 1 amide bonds. The summed E-state index contributed by atoms with van der Waals surface area (Å²) >= 11 is 4.68. The Bertz CT molecular complexity index is 1430. The number of carbonyl (C=O) groups excluding carboxylic acids is 1. The van der Waals surface area contributed by atoms with Crippen molar-refractivity contribution in [3.63, 3.8) is 0 Å². The molecule has 1 aromatic carbocycles. The minimum Gasteiger partial charge on any atom is -0.343 e. The molecule has 0 saturated carbocycles. The van der Waals surface area contributed by atoms with Gasteiger partial charge in [0.25, 0.3) is 5.56 Å². The van der Waals surface area contributed by atoms with Crippen LogP contribution in [-0.4, -0.2) is 15.5 Å². The van der Waals surface area contributed by atoms with Crippen molar-refractivity contribution in [1.29, 1.82) is 0 Å². The number of rotatable bonds is 6. The van der Waals surface area contributed by atoms with Crippen molar-refractivity contribution < 1.29 is 4.79 Å². The van der Waals surface area contributed by atoms with Gasteiger partial charge in [0.05, 0.1) is 17.8 Å². The van der Waals surface area contributed by atoms with Crippen molar-refractivity contribution in [2.45, 2.75) is 19.5 Å². The van der Waals surface area contributed by atoms with E-state index in [0.717, 1.165) is 20.9 Å². The smallest absolute Gasteiger partial charge is 0.263 e. The summed E-state index contributed by atoms with van der Waals surface area (Å²) in [5.41, 5.74) is 1.69. The molecule has 0 aliphatic carbocycles. The van der Waals surface area contributed by atoms with Crippen LogP contribution in [0.15, 0.2) is 76.5 Å². The van der Waals surface area contributed by atoms with Gasteiger partial charge in [-0.05, 0) is 36.1 Å². The van der Waals surface area contributed by atoms with E-state index >= 15 is 0 Å². The first kappa shape index (κ1) is 20.8. The molecule has 0 saturated heterocycles. The van der Waals surface area contributed by atoms with Gasteiger partial charge >= 0.3 is 0 Å². The Labute approximate surface area is 196 Å². The van der Waals surface area contributed by atoms with E-state index in [1.165, 1.54) is 27.1 Å². The van der Waals surface area contributed by atoms with E-state index in [2.05, 4.69) is 10.3 Å². The van der Waals surface area contributed by atoms with Crippen LogP contribution in [0.25, 0.3) is 20.7 Å². The summed E-state index contributed by atoms with van der Waals surface area (Å²) in [6.07, 6.45) is 1.47. The minimum atomic E-state index is -0.262. The largest absolute Gasteiger partial charge is 0.343 e. The van der Waals surface area contributed by atoms with Gasteiger partial charge in [0, 0.05) is 25.6 Å². The molecule has 1 unspecified atom stereocenters. The van der Waals surface area contributed by atoms with Crippen molar-refractivity contribution in [1.82, 2.24) is 14.9 Å². The lowest BCUT2D eigenvalue weighted by Crippen LogP contribution is -2.35. The van der Waals surface area contributed by atoms with Crippen LogP contribution in [-0.2, 0) is 11.3 Å². The number of amides is 1. The number of aromatic nitrogens is 2. The van der Waals surface area contributed by atoms with Gasteiger partial charge in [-0.1, -0.05) is 36.4 Å². The fourth-order valence-electron chi connectivity index (χ4n) is 3.62. The molecule has 0 aliphatic rings. The second-order valence-electron chi connectivity index (χ2n) is 7.34. The molecule has 1 atom stereocenters. The summed E-state index contributed by atoms with van der Waals surface area (Å²) in [7, 11) is 0.